The molecule has 0 saturated heterocycles. The molecule has 0 radical (unpaired) electrons. The van der Waals surface area contributed by atoms with Gasteiger partial charge in [0.2, 0.25) is 5.91 Å². The topological polar surface area (TPSA) is 84.1 Å². The second-order valence-electron chi connectivity index (χ2n) is 5.17. The molecule has 1 heterocycles. The fourth-order valence-corrected chi connectivity index (χ4v) is 2.60. The summed E-state index contributed by atoms with van der Waals surface area (Å²) >= 11 is 11.5. The van der Waals surface area contributed by atoms with Gasteiger partial charge < -0.3 is 10.2 Å². The maximum Gasteiger partial charge on any atom is 0.436 e. The first-order valence-corrected chi connectivity index (χ1v) is 7.95. The van der Waals surface area contributed by atoms with Crippen LogP contribution >= 0.6 is 23.2 Å². The number of halogens is 5. The highest BCUT2D eigenvalue weighted by molar-refractivity contribution is 6.33. The third kappa shape index (κ3) is 4.53. The summed E-state index contributed by atoms with van der Waals surface area (Å²) in [7, 11) is 0. The van der Waals surface area contributed by atoms with Gasteiger partial charge in [-0.15, -0.1) is 0 Å². The van der Waals surface area contributed by atoms with Crippen LogP contribution in [0.5, 0.6) is 0 Å². The highest BCUT2D eigenvalue weighted by Crippen LogP contribution is 2.42. The molecular formula is C16H10Cl2F3N3O3. The fourth-order valence-electron chi connectivity index (χ4n) is 2.16. The lowest BCUT2D eigenvalue weighted by molar-refractivity contribution is -0.160. The van der Waals surface area contributed by atoms with E-state index in [0.717, 1.165) is 6.92 Å². The van der Waals surface area contributed by atoms with Crippen LogP contribution in [0.4, 0.5) is 13.2 Å². The smallest absolute Gasteiger partial charge is 0.345 e. The number of alkyl halides is 3. The lowest BCUT2D eigenvalue weighted by Gasteiger charge is -2.15. The van der Waals surface area contributed by atoms with Gasteiger partial charge >= 0.3 is 12.1 Å². The number of nitrogens with zero attached hydrogens (tertiary/aromatic N) is 2. The summed E-state index contributed by atoms with van der Waals surface area (Å²) in [5, 5.41) is 10.8. The quantitative estimate of drug-likeness (QED) is 0.822. The molecule has 1 amide bonds. The Hall–Kier alpha value is -2.70. The van der Waals surface area contributed by atoms with Crippen molar-refractivity contribution in [3.63, 3.8) is 0 Å². The number of aromatic nitrogens is 1. The van der Waals surface area contributed by atoms with Crippen LogP contribution in [0.3, 0.4) is 0 Å². The Morgan fingerprint density at radius 2 is 1.85 bits per heavy atom. The van der Waals surface area contributed by atoms with E-state index in [1.165, 1.54) is 24.3 Å². The van der Waals surface area contributed by atoms with Crippen LogP contribution in [-0.2, 0) is 15.8 Å². The van der Waals surface area contributed by atoms with Crippen molar-refractivity contribution >= 4 is 35.1 Å². The minimum absolute atomic E-state index is 0.112. The number of nitrogens with one attached hydrogen (secondary N) is 1. The molecule has 0 atom stereocenters. The maximum atomic E-state index is 13.5. The Morgan fingerprint density at radius 3 is 2.33 bits per heavy atom. The minimum Gasteiger partial charge on any atom is -0.345 e. The van der Waals surface area contributed by atoms with Gasteiger partial charge in [0.1, 0.15) is 23.9 Å². The number of rotatable bonds is 4. The van der Waals surface area contributed by atoms with E-state index < -0.39 is 40.9 Å². The Balaban J connectivity index is 2.66. The van der Waals surface area contributed by atoms with Crippen molar-refractivity contribution in [2.75, 3.05) is 6.54 Å². The number of hydrogen-bond acceptors (Lipinski definition) is 4. The van der Waals surface area contributed by atoms with Crippen LogP contribution in [0.25, 0.3) is 11.3 Å². The van der Waals surface area contributed by atoms with Crippen molar-refractivity contribution in [2.45, 2.75) is 13.1 Å². The lowest BCUT2D eigenvalue weighted by Crippen LogP contribution is -2.35. The molecule has 1 aromatic carbocycles. The average Bonchev–Trinajstić information content (AvgIpc) is 2.85. The third-order valence-corrected chi connectivity index (χ3v) is 3.86. The highest BCUT2D eigenvalue weighted by atomic mass is 35.5. The van der Waals surface area contributed by atoms with Crippen LogP contribution < -0.4 is 10.2 Å². The Labute approximate surface area is 161 Å². The van der Waals surface area contributed by atoms with Gasteiger partial charge in [-0.05, 0) is 12.1 Å². The van der Waals surface area contributed by atoms with Gasteiger partial charge in [-0.25, -0.2) is 4.79 Å². The van der Waals surface area contributed by atoms with Crippen molar-refractivity contribution < 1.29 is 27.6 Å². The second-order valence-corrected chi connectivity index (χ2v) is 5.98. The van der Waals surface area contributed by atoms with Gasteiger partial charge in [-0.3, -0.25) is 4.79 Å². The van der Waals surface area contributed by atoms with E-state index >= 15 is 0 Å². The predicted octanol–water partition coefficient (Wildman–Crippen LogP) is 3.44. The molecule has 11 heteroatoms. The molecule has 2 rings (SSSR count). The van der Waals surface area contributed by atoms with E-state index in [1.807, 2.05) is 0 Å². The molecule has 27 heavy (non-hydrogen) atoms. The molecule has 2 aromatic rings. The number of carbonyl (C=O) groups excluding carboxylic acids is 2. The number of benzene rings is 1. The number of hydrogen-bond donors (Lipinski definition) is 1. The second kappa shape index (κ2) is 7.90. The SMILES string of the molecule is CC(=O)NCC(=O)On1c(-c2ccc(Cl)cc2)c(C#N)c(Cl)c1C(F)(F)F. The van der Waals surface area contributed by atoms with Crippen molar-refractivity contribution in [3.8, 4) is 17.3 Å². The normalized spacial score (nSPS) is 11.0. The molecular weight excluding hydrogens is 410 g/mol. The summed E-state index contributed by atoms with van der Waals surface area (Å²) in [6.07, 6.45) is -5.03. The molecule has 0 bridgehead atoms. The van der Waals surface area contributed by atoms with Gasteiger partial charge in [0, 0.05) is 17.5 Å². The van der Waals surface area contributed by atoms with Crippen molar-refractivity contribution in [1.29, 1.82) is 5.26 Å². The summed E-state index contributed by atoms with van der Waals surface area (Å²) in [6.45, 7) is 0.443. The molecule has 0 fully saturated rings. The first-order chi connectivity index (χ1) is 12.6. The van der Waals surface area contributed by atoms with Crippen LogP contribution in [0.1, 0.15) is 18.2 Å². The van der Waals surface area contributed by atoms with E-state index in [4.69, 9.17) is 28.0 Å². The zero-order chi connectivity index (χ0) is 20.4. The Kier molecular flexibility index (Phi) is 6.03. The lowest BCUT2D eigenvalue weighted by atomic mass is 10.1. The van der Waals surface area contributed by atoms with Gasteiger partial charge in [0.05, 0.1) is 5.02 Å². The molecule has 142 valence electrons. The van der Waals surface area contributed by atoms with Crippen LogP contribution in [0, 0.1) is 11.3 Å². The summed E-state index contributed by atoms with van der Waals surface area (Å²) in [5.41, 5.74) is -2.32. The standard InChI is InChI=1S/C16H10Cl2F3N3O3/c1-8(25)23-7-12(26)27-24-14(9-2-4-10(17)5-3-9)11(6-22)13(18)15(24)16(19,20)21/h2-5H,7H2,1H3,(H,23,25). The molecule has 1 N–H and O–H groups in total. The van der Waals surface area contributed by atoms with Crippen LogP contribution in [-0.4, -0.2) is 23.2 Å². The van der Waals surface area contributed by atoms with E-state index in [2.05, 4.69) is 5.32 Å². The summed E-state index contributed by atoms with van der Waals surface area (Å²) in [4.78, 5) is 27.5. The predicted molar refractivity (Wildman–Crippen MR) is 89.9 cm³/mol. The van der Waals surface area contributed by atoms with E-state index in [1.54, 1.807) is 6.07 Å². The van der Waals surface area contributed by atoms with Gasteiger partial charge in [0.25, 0.3) is 0 Å². The summed E-state index contributed by atoms with van der Waals surface area (Å²) < 4.78 is 40.6. The molecule has 0 aliphatic carbocycles. The van der Waals surface area contributed by atoms with Crippen molar-refractivity contribution in [1.82, 2.24) is 10.0 Å². The first kappa shape index (κ1) is 20.6. The molecule has 0 saturated carbocycles. The third-order valence-electron chi connectivity index (χ3n) is 3.24. The Bertz CT molecular complexity index is 932. The van der Waals surface area contributed by atoms with Gasteiger partial charge in [-0.1, -0.05) is 35.3 Å². The molecule has 0 unspecified atom stereocenters. The molecule has 1 aromatic heterocycles. The number of amides is 1. The molecule has 0 spiro atoms. The summed E-state index contributed by atoms with van der Waals surface area (Å²) in [5.74, 6) is -1.77. The van der Waals surface area contributed by atoms with Crippen LogP contribution in [0.15, 0.2) is 24.3 Å². The van der Waals surface area contributed by atoms with Crippen molar-refractivity contribution in [2.24, 2.45) is 0 Å². The van der Waals surface area contributed by atoms with Crippen molar-refractivity contribution in [3.05, 3.63) is 45.6 Å². The zero-order valence-corrected chi connectivity index (χ0v) is 15.0. The van der Waals surface area contributed by atoms with E-state index in [0.29, 0.717) is 5.02 Å². The van der Waals surface area contributed by atoms with Crippen LogP contribution in [0.2, 0.25) is 10.0 Å². The highest BCUT2D eigenvalue weighted by Gasteiger charge is 2.43. The van der Waals surface area contributed by atoms with E-state index in [-0.39, 0.29) is 16.0 Å². The largest absolute Gasteiger partial charge is 0.436 e. The first-order valence-electron chi connectivity index (χ1n) is 7.19. The number of carbonyl (C=O) groups is 2. The summed E-state index contributed by atoms with van der Waals surface area (Å²) in [6, 6.07) is 7.04. The molecule has 0 aliphatic rings. The zero-order valence-electron chi connectivity index (χ0n) is 13.5. The van der Waals surface area contributed by atoms with E-state index in [9.17, 15) is 28.0 Å². The van der Waals surface area contributed by atoms with Gasteiger partial charge in [-0.2, -0.15) is 23.2 Å². The Morgan fingerprint density at radius 1 is 1.26 bits per heavy atom. The molecule has 6 nitrogen and oxygen atoms in total. The minimum atomic E-state index is -5.03. The fraction of sp³-hybridized carbons (Fsp3) is 0.188. The maximum absolute atomic E-state index is 13.5. The monoisotopic (exact) mass is 419 g/mol. The number of nitriles is 1. The average molecular weight is 420 g/mol. The van der Waals surface area contributed by atoms with Gasteiger partial charge in [0.15, 0.2) is 5.69 Å². The molecule has 0 aliphatic heterocycles.